The zero-order chi connectivity index (χ0) is 26.5. The average molecular weight is 529 g/mol. The minimum atomic E-state index is -0.414. The Labute approximate surface area is 226 Å². The molecule has 2 unspecified atom stereocenters. The molecule has 3 aromatic carbocycles. The van der Waals surface area contributed by atoms with Crippen LogP contribution in [0, 0.1) is 13.8 Å². The third-order valence-electron chi connectivity index (χ3n) is 6.57. The minimum Gasteiger partial charge on any atom is -0.489 e. The predicted molar refractivity (Wildman–Crippen MR) is 148 cm³/mol. The lowest BCUT2D eigenvalue weighted by molar-refractivity contribution is -0.122. The summed E-state index contributed by atoms with van der Waals surface area (Å²) in [4.78, 5) is 12.7. The molecule has 0 radical (unpaired) electrons. The average Bonchev–Trinajstić information content (AvgIpc) is 3.54. The fourth-order valence-corrected chi connectivity index (χ4v) is 4.61. The van der Waals surface area contributed by atoms with Crippen molar-refractivity contribution in [2.75, 3.05) is 0 Å². The highest BCUT2D eigenvalue weighted by Crippen LogP contribution is 2.25. The molecule has 38 heavy (non-hydrogen) atoms. The molecule has 1 amide bonds. The second kappa shape index (κ2) is 11.6. The number of aryl methyl sites for hydroxylation is 1. The van der Waals surface area contributed by atoms with E-state index in [-0.39, 0.29) is 11.9 Å². The van der Waals surface area contributed by atoms with E-state index < -0.39 is 6.04 Å². The summed E-state index contributed by atoms with van der Waals surface area (Å²) in [5.41, 5.74) is 14.6. The Bertz CT molecular complexity index is 1440. The van der Waals surface area contributed by atoms with Gasteiger partial charge in [0.05, 0.1) is 23.3 Å². The Kier molecular flexibility index (Phi) is 7.83. The summed E-state index contributed by atoms with van der Waals surface area (Å²) in [6.07, 6.45) is 2.24. The lowest BCUT2D eigenvalue weighted by Gasteiger charge is -2.12. The smallest absolute Gasteiger partial charge is 0.258 e. The van der Waals surface area contributed by atoms with Crippen LogP contribution in [0.1, 0.15) is 40.5 Å². The molecular formula is C29H29ClN6O2. The number of halogens is 1. The predicted octanol–water partition coefficient (Wildman–Crippen LogP) is 4.78. The maximum absolute atomic E-state index is 12.7. The van der Waals surface area contributed by atoms with E-state index in [1.807, 2.05) is 97.4 Å². The largest absolute Gasteiger partial charge is 0.489 e. The van der Waals surface area contributed by atoms with Gasteiger partial charge in [0.2, 0.25) is 0 Å². The maximum Gasteiger partial charge on any atom is 0.258 e. The standard InChI is InChI=1S/C29H29ClN6O2/c1-19-25(20(2)36(35-19)23-9-4-3-5-10-23)17-31-34-29(37)28-16-27(32-33-28)21-12-14-24(15-13-21)38-18-22-8-6-7-11-26(22)30/h3-15,17,27-28,32-33H,16,18H2,1-2H3,(H,34,37)/b31-17+. The summed E-state index contributed by atoms with van der Waals surface area (Å²) in [5, 5.41) is 9.50. The zero-order valence-electron chi connectivity index (χ0n) is 21.2. The number of amides is 1. The third kappa shape index (κ3) is 5.78. The van der Waals surface area contributed by atoms with E-state index >= 15 is 0 Å². The van der Waals surface area contributed by atoms with Crippen LogP contribution >= 0.6 is 11.6 Å². The van der Waals surface area contributed by atoms with Crippen molar-refractivity contribution in [1.29, 1.82) is 0 Å². The molecule has 8 nitrogen and oxygen atoms in total. The van der Waals surface area contributed by atoms with Crippen molar-refractivity contribution in [3.05, 3.63) is 112 Å². The number of hydrazine groups is 1. The highest BCUT2D eigenvalue weighted by atomic mass is 35.5. The Morgan fingerprint density at radius 3 is 2.58 bits per heavy atom. The van der Waals surface area contributed by atoms with Gasteiger partial charge in [0, 0.05) is 22.2 Å². The van der Waals surface area contributed by atoms with Crippen molar-refractivity contribution in [3.8, 4) is 11.4 Å². The molecule has 1 aromatic heterocycles. The topological polar surface area (TPSA) is 92.6 Å². The monoisotopic (exact) mass is 528 g/mol. The van der Waals surface area contributed by atoms with Crippen molar-refractivity contribution in [3.63, 3.8) is 0 Å². The number of carbonyl (C=O) groups excluding carboxylic acids is 1. The Morgan fingerprint density at radius 2 is 1.82 bits per heavy atom. The fraction of sp³-hybridized carbons (Fsp3) is 0.207. The molecule has 2 atom stereocenters. The van der Waals surface area contributed by atoms with Crippen molar-refractivity contribution in [2.45, 2.75) is 39.0 Å². The molecule has 194 valence electrons. The molecule has 0 saturated carbocycles. The summed E-state index contributed by atoms with van der Waals surface area (Å²) in [5.74, 6) is 0.547. The summed E-state index contributed by atoms with van der Waals surface area (Å²) in [6.45, 7) is 4.31. The molecule has 3 N–H and O–H groups in total. The van der Waals surface area contributed by atoms with Crippen molar-refractivity contribution >= 4 is 23.7 Å². The SMILES string of the molecule is Cc1nn(-c2ccccc2)c(C)c1/C=N/NC(=O)C1CC(c2ccc(OCc3ccccc3Cl)cc2)NN1. The van der Waals surface area contributed by atoms with E-state index in [9.17, 15) is 4.79 Å². The van der Waals surface area contributed by atoms with E-state index in [1.165, 1.54) is 0 Å². The first kappa shape index (κ1) is 25.7. The molecule has 4 aromatic rings. The van der Waals surface area contributed by atoms with Gasteiger partial charge < -0.3 is 4.74 Å². The molecule has 1 aliphatic heterocycles. The first-order chi connectivity index (χ1) is 18.5. The van der Waals surface area contributed by atoms with Crippen LogP contribution in [0.5, 0.6) is 5.75 Å². The van der Waals surface area contributed by atoms with Crippen LogP contribution < -0.4 is 21.0 Å². The van der Waals surface area contributed by atoms with Crippen LogP contribution in [0.25, 0.3) is 5.69 Å². The van der Waals surface area contributed by atoms with Gasteiger partial charge in [-0.1, -0.05) is 60.1 Å². The number of carbonyl (C=O) groups is 1. The molecule has 2 heterocycles. The van der Waals surface area contributed by atoms with Gasteiger partial charge in [-0.3, -0.25) is 4.79 Å². The van der Waals surface area contributed by atoms with E-state index in [0.717, 1.165) is 39.5 Å². The molecule has 9 heteroatoms. The molecule has 0 bridgehead atoms. The number of nitrogens with one attached hydrogen (secondary N) is 3. The Balaban J connectivity index is 1.14. The van der Waals surface area contributed by atoms with Crippen LogP contribution in [0.15, 0.2) is 84.0 Å². The summed E-state index contributed by atoms with van der Waals surface area (Å²) < 4.78 is 7.74. The third-order valence-corrected chi connectivity index (χ3v) is 6.94. The van der Waals surface area contributed by atoms with Gasteiger partial charge >= 0.3 is 0 Å². The van der Waals surface area contributed by atoms with Crippen LogP contribution in [0.3, 0.4) is 0 Å². The first-order valence-electron chi connectivity index (χ1n) is 12.4. The Morgan fingerprint density at radius 1 is 1.08 bits per heavy atom. The molecule has 5 rings (SSSR count). The number of nitrogens with zero attached hydrogens (tertiary/aromatic N) is 3. The summed E-state index contributed by atoms with van der Waals surface area (Å²) >= 11 is 6.20. The van der Waals surface area contributed by atoms with Gasteiger partial charge in [-0.2, -0.15) is 10.2 Å². The van der Waals surface area contributed by atoms with E-state index in [1.54, 1.807) is 6.21 Å². The van der Waals surface area contributed by atoms with E-state index in [0.29, 0.717) is 18.1 Å². The lowest BCUT2D eigenvalue weighted by Crippen LogP contribution is -2.41. The van der Waals surface area contributed by atoms with Crippen molar-refractivity contribution < 1.29 is 9.53 Å². The van der Waals surface area contributed by atoms with Gasteiger partial charge in [-0.25, -0.2) is 21.0 Å². The second-order valence-corrected chi connectivity index (χ2v) is 9.55. The molecule has 1 aliphatic rings. The molecule has 1 fully saturated rings. The summed E-state index contributed by atoms with van der Waals surface area (Å²) in [6, 6.07) is 24.9. The number of ether oxygens (including phenoxy) is 1. The Hall–Kier alpha value is -3.98. The highest BCUT2D eigenvalue weighted by molar-refractivity contribution is 6.31. The summed E-state index contributed by atoms with van der Waals surface area (Å²) in [7, 11) is 0. The van der Waals surface area contributed by atoms with Crippen molar-refractivity contribution in [2.24, 2.45) is 5.10 Å². The van der Waals surface area contributed by atoms with Gasteiger partial charge in [0.15, 0.2) is 0 Å². The zero-order valence-corrected chi connectivity index (χ0v) is 21.9. The van der Waals surface area contributed by atoms with Gasteiger partial charge in [0.25, 0.3) is 5.91 Å². The minimum absolute atomic E-state index is 0.0130. The highest BCUT2D eigenvalue weighted by Gasteiger charge is 2.30. The van der Waals surface area contributed by atoms with Gasteiger partial charge in [-0.15, -0.1) is 0 Å². The number of hydrogen-bond acceptors (Lipinski definition) is 6. The van der Waals surface area contributed by atoms with Gasteiger partial charge in [0.1, 0.15) is 18.4 Å². The second-order valence-electron chi connectivity index (χ2n) is 9.14. The maximum atomic E-state index is 12.7. The number of rotatable bonds is 8. The van der Waals surface area contributed by atoms with Gasteiger partial charge in [-0.05, 0) is 56.2 Å². The number of aromatic nitrogens is 2. The molecular weight excluding hydrogens is 500 g/mol. The van der Waals surface area contributed by atoms with Crippen LogP contribution in [-0.4, -0.2) is 27.9 Å². The van der Waals surface area contributed by atoms with E-state index in [4.69, 9.17) is 16.3 Å². The van der Waals surface area contributed by atoms with Crippen LogP contribution in [0.2, 0.25) is 5.02 Å². The van der Waals surface area contributed by atoms with Crippen molar-refractivity contribution in [1.82, 2.24) is 26.1 Å². The van der Waals surface area contributed by atoms with Crippen LogP contribution in [-0.2, 0) is 11.4 Å². The van der Waals surface area contributed by atoms with E-state index in [2.05, 4.69) is 26.5 Å². The fourth-order valence-electron chi connectivity index (χ4n) is 4.42. The first-order valence-corrected chi connectivity index (χ1v) is 12.8. The number of para-hydroxylation sites is 1. The number of hydrazone groups is 1. The molecule has 0 spiro atoms. The van der Waals surface area contributed by atoms with Crippen LogP contribution in [0.4, 0.5) is 0 Å². The normalized spacial score (nSPS) is 17.1. The number of benzene rings is 3. The number of hydrogen-bond donors (Lipinski definition) is 3. The lowest BCUT2D eigenvalue weighted by atomic mass is 10.0. The molecule has 1 saturated heterocycles. The quantitative estimate of drug-likeness (QED) is 0.226. The molecule has 0 aliphatic carbocycles.